The molecular formula is C15H16O2. The Balaban J connectivity index is 2.54. The molecule has 0 saturated heterocycles. The SMILES string of the molecule is CCc1cccc2c(CC(=O)OC)cccc12. The van der Waals surface area contributed by atoms with Gasteiger partial charge in [-0.15, -0.1) is 0 Å². The van der Waals surface area contributed by atoms with Crippen LogP contribution in [0.25, 0.3) is 10.8 Å². The van der Waals surface area contributed by atoms with Gasteiger partial charge in [-0.05, 0) is 28.3 Å². The third-order valence-corrected chi connectivity index (χ3v) is 3.05. The molecule has 0 bridgehead atoms. The van der Waals surface area contributed by atoms with E-state index in [0.29, 0.717) is 6.42 Å². The molecule has 0 unspecified atom stereocenters. The number of rotatable bonds is 3. The lowest BCUT2D eigenvalue weighted by Crippen LogP contribution is -2.04. The van der Waals surface area contributed by atoms with Crippen LogP contribution >= 0.6 is 0 Å². The number of hydrogen-bond donors (Lipinski definition) is 0. The molecule has 17 heavy (non-hydrogen) atoms. The number of aryl methyl sites for hydroxylation is 1. The van der Waals surface area contributed by atoms with Crippen LogP contribution in [0.5, 0.6) is 0 Å². The number of benzene rings is 2. The first-order chi connectivity index (χ1) is 8.26. The lowest BCUT2D eigenvalue weighted by molar-refractivity contribution is -0.139. The predicted octanol–water partition coefficient (Wildman–Crippen LogP) is 3.12. The van der Waals surface area contributed by atoms with Gasteiger partial charge in [0.2, 0.25) is 0 Å². The molecule has 0 aliphatic carbocycles. The van der Waals surface area contributed by atoms with Gasteiger partial charge in [-0.2, -0.15) is 0 Å². The smallest absolute Gasteiger partial charge is 0.309 e. The number of methoxy groups -OCH3 is 1. The predicted molar refractivity (Wildman–Crippen MR) is 69.0 cm³/mol. The zero-order valence-electron chi connectivity index (χ0n) is 10.2. The average molecular weight is 228 g/mol. The second-order valence-electron chi connectivity index (χ2n) is 4.04. The van der Waals surface area contributed by atoms with Crippen molar-refractivity contribution in [2.45, 2.75) is 19.8 Å². The Labute approximate surface area is 101 Å². The summed E-state index contributed by atoms with van der Waals surface area (Å²) >= 11 is 0. The molecule has 0 radical (unpaired) electrons. The molecule has 0 heterocycles. The standard InChI is InChI=1S/C15H16O2/c1-3-11-6-4-9-14-12(10-15(16)17-2)7-5-8-13(11)14/h4-9H,3,10H2,1-2H3. The van der Waals surface area contributed by atoms with E-state index in [1.54, 1.807) is 0 Å². The van der Waals surface area contributed by atoms with E-state index >= 15 is 0 Å². The molecule has 0 spiro atoms. The van der Waals surface area contributed by atoms with E-state index in [4.69, 9.17) is 4.74 Å². The first-order valence-electron chi connectivity index (χ1n) is 5.82. The summed E-state index contributed by atoms with van der Waals surface area (Å²) in [5.74, 6) is -0.195. The maximum absolute atomic E-state index is 11.4. The van der Waals surface area contributed by atoms with Crippen LogP contribution in [-0.4, -0.2) is 13.1 Å². The molecule has 0 fully saturated rings. The summed E-state index contributed by atoms with van der Waals surface area (Å²) in [5.41, 5.74) is 2.35. The van der Waals surface area contributed by atoms with Crippen molar-refractivity contribution in [3.05, 3.63) is 47.5 Å². The molecule has 0 atom stereocenters. The Morgan fingerprint density at radius 3 is 2.24 bits per heavy atom. The first-order valence-corrected chi connectivity index (χ1v) is 5.82. The van der Waals surface area contributed by atoms with Crippen LogP contribution in [0.15, 0.2) is 36.4 Å². The minimum atomic E-state index is -0.195. The number of ether oxygens (including phenoxy) is 1. The Kier molecular flexibility index (Phi) is 3.43. The quantitative estimate of drug-likeness (QED) is 0.754. The molecule has 2 nitrogen and oxygen atoms in total. The topological polar surface area (TPSA) is 26.3 Å². The first kappa shape index (κ1) is 11.6. The zero-order valence-corrected chi connectivity index (χ0v) is 10.2. The fraction of sp³-hybridized carbons (Fsp3) is 0.267. The van der Waals surface area contributed by atoms with Crippen molar-refractivity contribution in [1.82, 2.24) is 0 Å². The maximum atomic E-state index is 11.4. The number of fused-ring (bicyclic) bond motifs is 1. The lowest BCUT2D eigenvalue weighted by atomic mass is 9.97. The average Bonchev–Trinajstić information content (AvgIpc) is 2.38. The fourth-order valence-corrected chi connectivity index (χ4v) is 2.13. The van der Waals surface area contributed by atoms with Crippen molar-refractivity contribution in [3.63, 3.8) is 0 Å². The Hall–Kier alpha value is -1.83. The maximum Gasteiger partial charge on any atom is 0.309 e. The van der Waals surface area contributed by atoms with Crippen molar-refractivity contribution < 1.29 is 9.53 Å². The fourth-order valence-electron chi connectivity index (χ4n) is 2.13. The van der Waals surface area contributed by atoms with Gasteiger partial charge in [0.15, 0.2) is 0 Å². The molecule has 2 aromatic rings. The summed E-state index contributed by atoms with van der Waals surface area (Å²) in [7, 11) is 1.42. The molecule has 0 aliphatic heterocycles. The summed E-state index contributed by atoms with van der Waals surface area (Å²) in [6.07, 6.45) is 1.33. The van der Waals surface area contributed by atoms with E-state index in [2.05, 4.69) is 25.1 Å². The van der Waals surface area contributed by atoms with Crippen LogP contribution in [0.3, 0.4) is 0 Å². The minimum Gasteiger partial charge on any atom is -0.469 e. The molecule has 88 valence electrons. The van der Waals surface area contributed by atoms with Gasteiger partial charge in [-0.1, -0.05) is 43.3 Å². The van der Waals surface area contributed by atoms with Crippen LogP contribution in [0.2, 0.25) is 0 Å². The molecular weight excluding hydrogens is 212 g/mol. The molecule has 0 N–H and O–H groups in total. The van der Waals surface area contributed by atoms with Crippen molar-refractivity contribution in [1.29, 1.82) is 0 Å². The highest BCUT2D eigenvalue weighted by atomic mass is 16.5. The summed E-state index contributed by atoms with van der Waals surface area (Å²) in [5, 5.41) is 2.38. The molecule has 0 amide bonds. The number of hydrogen-bond acceptors (Lipinski definition) is 2. The van der Waals surface area contributed by atoms with Gasteiger partial charge in [0.05, 0.1) is 13.5 Å². The van der Waals surface area contributed by atoms with Gasteiger partial charge < -0.3 is 4.74 Å². The van der Waals surface area contributed by atoms with Crippen LogP contribution in [0.4, 0.5) is 0 Å². The van der Waals surface area contributed by atoms with E-state index < -0.39 is 0 Å². The van der Waals surface area contributed by atoms with Gasteiger partial charge >= 0.3 is 5.97 Å². The summed E-state index contributed by atoms with van der Waals surface area (Å²) in [4.78, 5) is 11.4. The Morgan fingerprint density at radius 2 is 1.65 bits per heavy atom. The van der Waals surface area contributed by atoms with Crippen LogP contribution in [0.1, 0.15) is 18.1 Å². The molecule has 0 saturated carbocycles. The minimum absolute atomic E-state index is 0.195. The molecule has 0 aromatic heterocycles. The summed E-state index contributed by atoms with van der Waals surface area (Å²) < 4.78 is 4.72. The van der Waals surface area contributed by atoms with Gasteiger partial charge in [0.1, 0.15) is 0 Å². The van der Waals surface area contributed by atoms with E-state index in [1.807, 2.05) is 18.2 Å². The molecule has 0 aliphatic rings. The highest BCUT2D eigenvalue weighted by Gasteiger charge is 2.07. The van der Waals surface area contributed by atoms with Gasteiger partial charge in [-0.25, -0.2) is 0 Å². The number of carbonyl (C=O) groups is 1. The van der Waals surface area contributed by atoms with Crippen molar-refractivity contribution in [2.24, 2.45) is 0 Å². The van der Waals surface area contributed by atoms with Crippen LogP contribution in [0, 0.1) is 0 Å². The third-order valence-electron chi connectivity index (χ3n) is 3.05. The zero-order chi connectivity index (χ0) is 12.3. The van der Waals surface area contributed by atoms with E-state index in [9.17, 15) is 4.79 Å². The highest BCUT2D eigenvalue weighted by molar-refractivity contribution is 5.91. The van der Waals surface area contributed by atoms with E-state index in [-0.39, 0.29) is 5.97 Å². The lowest BCUT2D eigenvalue weighted by Gasteiger charge is -2.08. The summed E-state index contributed by atoms with van der Waals surface area (Å²) in [6, 6.07) is 12.3. The van der Waals surface area contributed by atoms with Gasteiger partial charge in [0, 0.05) is 0 Å². The molecule has 2 heteroatoms. The summed E-state index contributed by atoms with van der Waals surface area (Å²) in [6.45, 7) is 2.14. The monoisotopic (exact) mass is 228 g/mol. The Bertz CT molecular complexity index is 544. The van der Waals surface area contributed by atoms with Crippen LogP contribution in [-0.2, 0) is 22.4 Å². The number of carbonyl (C=O) groups excluding carboxylic acids is 1. The normalized spacial score (nSPS) is 10.5. The van der Waals surface area contributed by atoms with E-state index in [1.165, 1.54) is 18.1 Å². The third kappa shape index (κ3) is 2.31. The largest absolute Gasteiger partial charge is 0.469 e. The number of esters is 1. The second kappa shape index (κ2) is 5.00. The van der Waals surface area contributed by atoms with Gasteiger partial charge in [0.25, 0.3) is 0 Å². The highest BCUT2D eigenvalue weighted by Crippen LogP contribution is 2.23. The Morgan fingerprint density at radius 1 is 1.06 bits per heavy atom. The molecule has 2 rings (SSSR count). The van der Waals surface area contributed by atoms with Crippen molar-refractivity contribution >= 4 is 16.7 Å². The van der Waals surface area contributed by atoms with Crippen molar-refractivity contribution in [3.8, 4) is 0 Å². The van der Waals surface area contributed by atoms with Gasteiger partial charge in [-0.3, -0.25) is 4.79 Å². The second-order valence-corrected chi connectivity index (χ2v) is 4.04. The molecule has 2 aromatic carbocycles. The van der Waals surface area contributed by atoms with Crippen LogP contribution < -0.4 is 0 Å². The van der Waals surface area contributed by atoms with E-state index in [0.717, 1.165) is 17.4 Å². The van der Waals surface area contributed by atoms with Crippen molar-refractivity contribution in [2.75, 3.05) is 7.11 Å².